The predicted molar refractivity (Wildman–Crippen MR) is 83.8 cm³/mol. The summed E-state index contributed by atoms with van der Waals surface area (Å²) in [7, 11) is 4.15. The molecule has 0 aromatic carbocycles. The number of nitrogens with one attached hydrogen (secondary N) is 2. The molecule has 0 radical (unpaired) electrons. The van der Waals surface area contributed by atoms with Gasteiger partial charge in [0.05, 0.1) is 0 Å². The lowest BCUT2D eigenvalue weighted by Crippen LogP contribution is -2.53. The van der Waals surface area contributed by atoms with Crippen LogP contribution >= 0.6 is 0 Å². The highest BCUT2D eigenvalue weighted by atomic mass is 16.2. The van der Waals surface area contributed by atoms with Gasteiger partial charge < -0.3 is 16.0 Å². The predicted octanol–water partition coefficient (Wildman–Crippen LogP) is -1.20. The second kappa shape index (κ2) is 6.31. The van der Waals surface area contributed by atoms with Crippen molar-refractivity contribution >= 4 is 11.5 Å². The topological polar surface area (TPSA) is 99.4 Å². The molecule has 118 valence electrons. The van der Waals surface area contributed by atoms with Gasteiger partial charge in [0, 0.05) is 38.8 Å². The zero-order valence-electron chi connectivity index (χ0n) is 12.8. The Morgan fingerprint density at radius 2 is 2.05 bits per heavy atom. The van der Waals surface area contributed by atoms with Crippen LogP contribution in [0.2, 0.25) is 0 Å². The number of aromatic nitrogens is 2. The van der Waals surface area contributed by atoms with E-state index in [2.05, 4.69) is 34.2 Å². The Labute approximate surface area is 123 Å². The van der Waals surface area contributed by atoms with Crippen molar-refractivity contribution in [2.45, 2.75) is 19.5 Å². The minimum absolute atomic E-state index is 0.193. The van der Waals surface area contributed by atoms with Gasteiger partial charge in [-0.1, -0.05) is 0 Å². The SMILES string of the molecule is CCn1c(N)c(NCC2CN(C)CCN2C)c(=O)[nH]c1=O. The highest BCUT2D eigenvalue weighted by Gasteiger charge is 2.22. The van der Waals surface area contributed by atoms with E-state index >= 15 is 0 Å². The largest absolute Gasteiger partial charge is 0.383 e. The molecule has 1 aromatic rings. The average molecular weight is 296 g/mol. The van der Waals surface area contributed by atoms with Crippen LogP contribution in [0.1, 0.15) is 6.92 Å². The van der Waals surface area contributed by atoms with Gasteiger partial charge in [-0.3, -0.25) is 19.2 Å². The Balaban J connectivity index is 2.17. The number of anilines is 2. The van der Waals surface area contributed by atoms with Gasteiger partial charge in [0.2, 0.25) is 0 Å². The maximum atomic E-state index is 11.9. The number of hydrogen-bond acceptors (Lipinski definition) is 6. The van der Waals surface area contributed by atoms with Gasteiger partial charge in [0.25, 0.3) is 5.56 Å². The molecule has 0 saturated carbocycles. The summed E-state index contributed by atoms with van der Waals surface area (Å²) in [5, 5.41) is 3.11. The monoisotopic (exact) mass is 296 g/mol. The van der Waals surface area contributed by atoms with E-state index in [1.807, 2.05) is 6.92 Å². The molecule has 0 spiro atoms. The molecule has 4 N–H and O–H groups in total. The molecule has 1 aromatic heterocycles. The molecule has 1 aliphatic heterocycles. The fourth-order valence-corrected chi connectivity index (χ4v) is 2.61. The van der Waals surface area contributed by atoms with Gasteiger partial charge in [-0.15, -0.1) is 0 Å². The lowest BCUT2D eigenvalue weighted by molar-refractivity contribution is 0.122. The van der Waals surface area contributed by atoms with Crippen LogP contribution in [0.25, 0.3) is 0 Å². The van der Waals surface area contributed by atoms with Crippen LogP contribution in [0.3, 0.4) is 0 Å². The van der Waals surface area contributed by atoms with E-state index in [4.69, 9.17) is 5.73 Å². The molecule has 0 aliphatic carbocycles. The first-order valence-corrected chi connectivity index (χ1v) is 7.19. The van der Waals surface area contributed by atoms with E-state index in [0.29, 0.717) is 19.1 Å². The van der Waals surface area contributed by atoms with E-state index < -0.39 is 11.2 Å². The third-order valence-electron chi connectivity index (χ3n) is 4.05. The number of hydrogen-bond donors (Lipinski definition) is 3. The fourth-order valence-electron chi connectivity index (χ4n) is 2.61. The van der Waals surface area contributed by atoms with Crippen LogP contribution in [0.5, 0.6) is 0 Å². The minimum atomic E-state index is -0.472. The van der Waals surface area contributed by atoms with Crippen molar-refractivity contribution in [2.24, 2.45) is 0 Å². The first-order chi connectivity index (χ1) is 9.93. The third kappa shape index (κ3) is 3.27. The quantitative estimate of drug-likeness (QED) is 0.645. The standard InChI is InChI=1S/C13H24N6O2/c1-4-19-11(14)10(12(20)16-13(19)21)15-7-9-8-17(2)5-6-18(9)3/h9,15H,4-8,14H2,1-3H3,(H,16,20,21). The first-order valence-electron chi connectivity index (χ1n) is 7.19. The number of nitrogens with two attached hydrogens (primary N) is 1. The molecule has 2 heterocycles. The number of aromatic amines is 1. The Kier molecular flexibility index (Phi) is 4.69. The van der Waals surface area contributed by atoms with E-state index in [1.54, 1.807) is 0 Å². The second-order valence-corrected chi connectivity index (χ2v) is 5.54. The summed E-state index contributed by atoms with van der Waals surface area (Å²) < 4.78 is 1.35. The van der Waals surface area contributed by atoms with Crippen molar-refractivity contribution in [1.29, 1.82) is 0 Å². The van der Waals surface area contributed by atoms with Gasteiger partial charge >= 0.3 is 5.69 Å². The summed E-state index contributed by atoms with van der Waals surface area (Å²) in [4.78, 5) is 30.3. The van der Waals surface area contributed by atoms with Gasteiger partial charge in [-0.25, -0.2) is 4.79 Å². The van der Waals surface area contributed by atoms with Crippen molar-refractivity contribution in [3.63, 3.8) is 0 Å². The summed E-state index contributed by atoms with van der Waals surface area (Å²) in [6.45, 7) is 5.79. The number of nitrogens with zero attached hydrogens (tertiary/aromatic N) is 3. The molecule has 1 unspecified atom stereocenters. The maximum absolute atomic E-state index is 11.9. The smallest absolute Gasteiger partial charge is 0.330 e. The number of rotatable bonds is 4. The normalized spacial score (nSPS) is 20.6. The molecule has 0 amide bonds. The minimum Gasteiger partial charge on any atom is -0.383 e. The van der Waals surface area contributed by atoms with Gasteiger partial charge in [0.15, 0.2) is 0 Å². The van der Waals surface area contributed by atoms with Crippen molar-refractivity contribution in [1.82, 2.24) is 19.4 Å². The van der Waals surface area contributed by atoms with Crippen LogP contribution in [0.15, 0.2) is 9.59 Å². The highest BCUT2D eigenvalue weighted by Crippen LogP contribution is 2.12. The van der Waals surface area contributed by atoms with Crippen molar-refractivity contribution in [2.75, 3.05) is 51.3 Å². The molecule has 21 heavy (non-hydrogen) atoms. The molecule has 2 rings (SSSR count). The summed E-state index contributed by atoms with van der Waals surface area (Å²) in [5.41, 5.74) is 5.27. The zero-order valence-corrected chi connectivity index (χ0v) is 12.8. The second-order valence-electron chi connectivity index (χ2n) is 5.54. The van der Waals surface area contributed by atoms with Crippen LogP contribution < -0.4 is 22.3 Å². The summed E-state index contributed by atoms with van der Waals surface area (Å²) in [6.07, 6.45) is 0. The Bertz CT molecular complexity index is 608. The molecular formula is C13H24N6O2. The van der Waals surface area contributed by atoms with Crippen LogP contribution in [0.4, 0.5) is 11.5 Å². The fraction of sp³-hybridized carbons (Fsp3) is 0.692. The van der Waals surface area contributed by atoms with Gasteiger partial charge in [-0.05, 0) is 21.0 Å². The molecular weight excluding hydrogens is 272 g/mol. The van der Waals surface area contributed by atoms with Crippen molar-refractivity contribution < 1.29 is 0 Å². The lowest BCUT2D eigenvalue weighted by Gasteiger charge is -2.37. The van der Waals surface area contributed by atoms with Crippen LogP contribution in [0, 0.1) is 0 Å². The van der Waals surface area contributed by atoms with E-state index in [9.17, 15) is 9.59 Å². The van der Waals surface area contributed by atoms with E-state index in [0.717, 1.165) is 19.6 Å². The number of H-pyrrole nitrogens is 1. The van der Waals surface area contributed by atoms with Gasteiger partial charge in [-0.2, -0.15) is 0 Å². The average Bonchev–Trinajstić information content (AvgIpc) is 2.42. The van der Waals surface area contributed by atoms with E-state index in [-0.39, 0.29) is 11.5 Å². The van der Waals surface area contributed by atoms with Crippen molar-refractivity contribution in [3.8, 4) is 0 Å². The lowest BCUT2D eigenvalue weighted by atomic mass is 10.2. The highest BCUT2D eigenvalue weighted by molar-refractivity contribution is 5.60. The Morgan fingerprint density at radius 3 is 2.71 bits per heavy atom. The van der Waals surface area contributed by atoms with Crippen molar-refractivity contribution in [3.05, 3.63) is 20.8 Å². The molecule has 0 bridgehead atoms. The molecule has 8 heteroatoms. The van der Waals surface area contributed by atoms with Crippen LogP contribution in [-0.2, 0) is 6.54 Å². The summed E-state index contributed by atoms with van der Waals surface area (Å²) >= 11 is 0. The third-order valence-corrected chi connectivity index (χ3v) is 4.05. The molecule has 1 atom stereocenters. The van der Waals surface area contributed by atoms with Crippen LogP contribution in [-0.4, -0.2) is 65.7 Å². The zero-order chi connectivity index (χ0) is 15.6. The number of likely N-dealkylation sites (N-methyl/N-ethyl adjacent to an activating group) is 2. The Morgan fingerprint density at radius 1 is 1.33 bits per heavy atom. The maximum Gasteiger partial charge on any atom is 0.330 e. The van der Waals surface area contributed by atoms with E-state index in [1.165, 1.54) is 4.57 Å². The summed E-state index contributed by atoms with van der Waals surface area (Å²) in [5.74, 6) is 0.193. The number of piperazine rings is 1. The molecule has 8 nitrogen and oxygen atoms in total. The molecule has 1 aliphatic rings. The van der Waals surface area contributed by atoms with Gasteiger partial charge in [0.1, 0.15) is 11.5 Å². The Hall–Kier alpha value is -1.80. The summed E-state index contributed by atoms with van der Waals surface area (Å²) in [6, 6.07) is 0.296. The molecule has 1 fully saturated rings. The first kappa shape index (κ1) is 15.6. The molecule has 1 saturated heterocycles. The number of nitrogen functional groups attached to an aromatic ring is 1.